The molecule has 1 heterocycles. The van der Waals surface area contributed by atoms with Crippen LogP contribution in [-0.4, -0.2) is 12.0 Å². The van der Waals surface area contributed by atoms with Gasteiger partial charge in [-0.25, -0.2) is 4.98 Å². The first-order valence-corrected chi connectivity index (χ1v) is 7.49. The van der Waals surface area contributed by atoms with Gasteiger partial charge in [-0.05, 0) is 42.3 Å². The second-order valence-corrected chi connectivity index (χ2v) is 5.78. The molecule has 1 aromatic heterocycles. The molecule has 2 rings (SSSR count). The molecule has 0 saturated carbocycles. The lowest BCUT2D eigenvalue weighted by Gasteiger charge is -2.12. The van der Waals surface area contributed by atoms with Crippen LogP contribution in [0.25, 0.3) is 0 Å². The van der Waals surface area contributed by atoms with Crippen LogP contribution in [0.4, 0.5) is 0 Å². The lowest BCUT2D eigenvalue weighted by atomic mass is 10.1. The van der Waals surface area contributed by atoms with Crippen molar-refractivity contribution >= 4 is 11.6 Å². The summed E-state index contributed by atoms with van der Waals surface area (Å²) in [5, 5.41) is 3.88. The Balaban J connectivity index is 2.14. The fraction of sp³-hybridized carbons (Fsp3) is 0.353. The third-order valence-corrected chi connectivity index (χ3v) is 3.36. The van der Waals surface area contributed by atoms with E-state index in [1.54, 1.807) is 0 Å². The van der Waals surface area contributed by atoms with Crippen molar-refractivity contribution in [2.45, 2.75) is 32.9 Å². The van der Waals surface area contributed by atoms with Crippen LogP contribution in [0.15, 0.2) is 36.4 Å². The van der Waals surface area contributed by atoms with Crippen LogP contribution in [0.2, 0.25) is 5.02 Å². The van der Waals surface area contributed by atoms with Gasteiger partial charge in [0.05, 0.1) is 0 Å². The zero-order valence-electron chi connectivity index (χ0n) is 12.7. The third-order valence-electron chi connectivity index (χ3n) is 3.13. The van der Waals surface area contributed by atoms with E-state index in [1.807, 2.05) is 37.4 Å². The number of nitrogens with zero attached hydrogens (tertiary/aromatic N) is 1. The molecule has 4 heteroatoms. The molecule has 0 unspecified atom stereocenters. The fourth-order valence-electron chi connectivity index (χ4n) is 2.04. The van der Waals surface area contributed by atoms with Gasteiger partial charge in [-0.1, -0.05) is 37.6 Å². The van der Waals surface area contributed by atoms with E-state index >= 15 is 0 Å². The molecule has 0 fully saturated rings. The summed E-state index contributed by atoms with van der Waals surface area (Å²) < 4.78 is 5.83. The Bertz CT molecular complexity index is 599. The minimum Gasteiger partial charge on any atom is -0.473 e. The molecular formula is C17H21ClN2O. The molecule has 0 radical (unpaired) electrons. The summed E-state index contributed by atoms with van der Waals surface area (Å²) in [7, 11) is 1.93. The van der Waals surface area contributed by atoms with Gasteiger partial charge < -0.3 is 10.1 Å². The minimum atomic E-state index is 0.371. The highest BCUT2D eigenvalue weighted by molar-refractivity contribution is 6.30. The number of hydrogen-bond acceptors (Lipinski definition) is 3. The average molecular weight is 305 g/mol. The summed E-state index contributed by atoms with van der Waals surface area (Å²) in [6, 6.07) is 11.8. The standard InChI is InChI=1S/C17H21ClN2O/c1-12(2)16-8-14(10-19-3)9-17(20-16)21-11-13-5-4-6-15(18)7-13/h4-9,12,19H,10-11H2,1-3H3. The Morgan fingerprint density at radius 3 is 2.67 bits per heavy atom. The van der Waals surface area contributed by atoms with Gasteiger partial charge in [0.15, 0.2) is 0 Å². The number of aromatic nitrogens is 1. The molecule has 1 N–H and O–H groups in total. The van der Waals surface area contributed by atoms with E-state index in [2.05, 4.69) is 30.2 Å². The monoisotopic (exact) mass is 304 g/mol. The van der Waals surface area contributed by atoms with Crippen LogP contribution in [-0.2, 0) is 13.2 Å². The SMILES string of the molecule is CNCc1cc(OCc2cccc(Cl)c2)nc(C(C)C)c1. The van der Waals surface area contributed by atoms with E-state index in [1.165, 1.54) is 5.56 Å². The second kappa shape index (κ2) is 7.43. The highest BCUT2D eigenvalue weighted by atomic mass is 35.5. The molecule has 0 saturated heterocycles. The van der Waals surface area contributed by atoms with Crippen LogP contribution in [0.1, 0.15) is 36.6 Å². The Morgan fingerprint density at radius 2 is 2.00 bits per heavy atom. The highest BCUT2D eigenvalue weighted by Gasteiger charge is 2.07. The first-order valence-electron chi connectivity index (χ1n) is 7.11. The van der Waals surface area contributed by atoms with Crippen LogP contribution in [0.5, 0.6) is 5.88 Å². The number of nitrogens with one attached hydrogen (secondary N) is 1. The van der Waals surface area contributed by atoms with Crippen molar-refractivity contribution in [3.63, 3.8) is 0 Å². The van der Waals surface area contributed by atoms with E-state index in [0.717, 1.165) is 22.8 Å². The zero-order valence-corrected chi connectivity index (χ0v) is 13.4. The highest BCUT2D eigenvalue weighted by Crippen LogP contribution is 2.20. The molecule has 0 aliphatic heterocycles. The van der Waals surface area contributed by atoms with Gasteiger partial charge in [-0.3, -0.25) is 0 Å². The molecule has 1 aromatic carbocycles. The van der Waals surface area contributed by atoms with Crippen LogP contribution in [0.3, 0.4) is 0 Å². The average Bonchev–Trinajstić information content (AvgIpc) is 2.45. The number of halogens is 1. The molecular weight excluding hydrogens is 284 g/mol. The van der Waals surface area contributed by atoms with Crippen molar-refractivity contribution in [2.75, 3.05) is 7.05 Å². The van der Waals surface area contributed by atoms with Crippen molar-refractivity contribution in [1.82, 2.24) is 10.3 Å². The van der Waals surface area contributed by atoms with Crippen LogP contribution >= 0.6 is 11.6 Å². The summed E-state index contributed by atoms with van der Waals surface area (Å²) in [5.41, 5.74) is 3.26. The number of hydrogen-bond donors (Lipinski definition) is 1. The van der Waals surface area contributed by atoms with E-state index in [0.29, 0.717) is 18.4 Å². The maximum atomic E-state index is 5.98. The van der Waals surface area contributed by atoms with Crippen molar-refractivity contribution in [3.8, 4) is 5.88 Å². The Kier molecular flexibility index (Phi) is 5.59. The summed E-state index contributed by atoms with van der Waals surface area (Å²) in [6.45, 7) is 5.53. The minimum absolute atomic E-state index is 0.371. The molecule has 0 amide bonds. The summed E-state index contributed by atoms with van der Waals surface area (Å²) in [5.74, 6) is 1.03. The predicted molar refractivity (Wildman–Crippen MR) is 86.9 cm³/mol. The molecule has 21 heavy (non-hydrogen) atoms. The molecule has 0 atom stereocenters. The van der Waals surface area contributed by atoms with Crippen molar-refractivity contribution in [1.29, 1.82) is 0 Å². The van der Waals surface area contributed by atoms with Crippen LogP contribution < -0.4 is 10.1 Å². The zero-order chi connectivity index (χ0) is 15.2. The molecule has 2 aromatic rings. The van der Waals surface area contributed by atoms with Crippen LogP contribution in [0, 0.1) is 0 Å². The summed E-state index contributed by atoms with van der Waals surface area (Å²) in [6.07, 6.45) is 0. The number of rotatable bonds is 6. The normalized spacial score (nSPS) is 10.9. The van der Waals surface area contributed by atoms with Gasteiger partial charge in [0.1, 0.15) is 6.61 Å². The molecule has 0 aliphatic carbocycles. The van der Waals surface area contributed by atoms with E-state index in [9.17, 15) is 0 Å². The van der Waals surface area contributed by atoms with Gasteiger partial charge in [0.2, 0.25) is 5.88 Å². The molecule has 0 spiro atoms. The van der Waals surface area contributed by atoms with Gasteiger partial charge in [0, 0.05) is 23.3 Å². The quantitative estimate of drug-likeness (QED) is 0.870. The maximum Gasteiger partial charge on any atom is 0.214 e. The van der Waals surface area contributed by atoms with Gasteiger partial charge in [0.25, 0.3) is 0 Å². The molecule has 0 aliphatic rings. The van der Waals surface area contributed by atoms with Gasteiger partial charge >= 0.3 is 0 Å². The molecule has 3 nitrogen and oxygen atoms in total. The van der Waals surface area contributed by atoms with Crippen molar-refractivity contribution < 1.29 is 4.74 Å². The topological polar surface area (TPSA) is 34.1 Å². The molecule has 0 bridgehead atoms. The Morgan fingerprint density at radius 1 is 1.19 bits per heavy atom. The second-order valence-electron chi connectivity index (χ2n) is 5.34. The largest absolute Gasteiger partial charge is 0.473 e. The lowest BCUT2D eigenvalue weighted by molar-refractivity contribution is 0.292. The number of benzene rings is 1. The fourth-order valence-corrected chi connectivity index (χ4v) is 2.25. The van der Waals surface area contributed by atoms with Crippen molar-refractivity contribution in [2.24, 2.45) is 0 Å². The van der Waals surface area contributed by atoms with Crippen molar-refractivity contribution in [3.05, 3.63) is 58.2 Å². The summed E-state index contributed by atoms with van der Waals surface area (Å²) in [4.78, 5) is 4.57. The first-order chi connectivity index (χ1) is 10.1. The predicted octanol–water partition coefficient (Wildman–Crippen LogP) is 4.16. The Hall–Kier alpha value is -1.58. The lowest BCUT2D eigenvalue weighted by Crippen LogP contribution is -2.08. The molecule has 112 valence electrons. The van der Waals surface area contributed by atoms with Gasteiger partial charge in [-0.15, -0.1) is 0 Å². The van der Waals surface area contributed by atoms with E-state index < -0.39 is 0 Å². The number of ether oxygens (including phenoxy) is 1. The first kappa shape index (κ1) is 15.8. The smallest absolute Gasteiger partial charge is 0.214 e. The number of pyridine rings is 1. The van der Waals surface area contributed by atoms with Gasteiger partial charge in [-0.2, -0.15) is 0 Å². The van der Waals surface area contributed by atoms with E-state index in [4.69, 9.17) is 16.3 Å². The summed E-state index contributed by atoms with van der Waals surface area (Å²) >= 11 is 5.98. The maximum absolute atomic E-state index is 5.98. The Labute approximate surface area is 131 Å². The van der Waals surface area contributed by atoms with E-state index in [-0.39, 0.29) is 0 Å². The third kappa shape index (κ3) is 4.73.